The van der Waals surface area contributed by atoms with E-state index in [1.165, 1.54) is 11.6 Å². The number of benzene rings is 1. The summed E-state index contributed by atoms with van der Waals surface area (Å²) in [5, 5.41) is 9.73. The Bertz CT molecular complexity index is 668. The Morgan fingerprint density at radius 2 is 2.05 bits per heavy atom. The molecular weight excluding hydrogens is 262 g/mol. The van der Waals surface area contributed by atoms with Crippen LogP contribution in [0.15, 0.2) is 30.3 Å². The van der Waals surface area contributed by atoms with Crippen LogP contribution in [0.3, 0.4) is 0 Å². The maximum Gasteiger partial charge on any atom is 0.249 e. The van der Waals surface area contributed by atoms with Crippen LogP contribution in [0.1, 0.15) is 42.1 Å². The molecule has 0 aliphatic rings. The van der Waals surface area contributed by atoms with Crippen molar-refractivity contribution in [2.24, 2.45) is 0 Å². The van der Waals surface area contributed by atoms with Gasteiger partial charge < -0.3 is 5.32 Å². The van der Waals surface area contributed by atoms with Gasteiger partial charge in [0.15, 0.2) is 5.82 Å². The van der Waals surface area contributed by atoms with Crippen LogP contribution in [0.4, 0.5) is 5.82 Å². The molecule has 21 heavy (non-hydrogen) atoms. The Hall–Kier alpha value is -2.36. The van der Waals surface area contributed by atoms with Crippen LogP contribution in [-0.2, 0) is 4.79 Å². The number of aryl methyl sites for hydroxylation is 2. The minimum Gasteiger partial charge on any atom is -0.306 e. The zero-order valence-electron chi connectivity index (χ0n) is 12.9. The van der Waals surface area contributed by atoms with Gasteiger partial charge >= 0.3 is 0 Å². The molecule has 0 saturated carbocycles. The van der Waals surface area contributed by atoms with Gasteiger partial charge in [0.1, 0.15) is 0 Å². The minimum atomic E-state index is -0.184. The van der Waals surface area contributed by atoms with Gasteiger partial charge in [0.25, 0.3) is 0 Å². The van der Waals surface area contributed by atoms with Crippen molar-refractivity contribution < 1.29 is 4.79 Å². The summed E-state index contributed by atoms with van der Waals surface area (Å²) in [6, 6.07) is 8.00. The molecule has 0 fully saturated rings. The number of nitrogens with one attached hydrogen (secondary N) is 2. The third-order valence-electron chi connectivity index (χ3n) is 3.31. The van der Waals surface area contributed by atoms with E-state index in [4.69, 9.17) is 0 Å². The molecule has 1 heterocycles. The molecule has 1 amide bonds. The van der Waals surface area contributed by atoms with E-state index in [9.17, 15) is 4.79 Å². The van der Waals surface area contributed by atoms with Crippen LogP contribution in [0.5, 0.6) is 0 Å². The second kappa shape index (κ2) is 6.39. The molecule has 0 saturated heterocycles. The highest BCUT2D eigenvalue weighted by Gasteiger charge is 2.06. The molecule has 0 atom stereocenters. The van der Waals surface area contributed by atoms with Crippen molar-refractivity contribution in [3.05, 3.63) is 52.7 Å². The van der Waals surface area contributed by atoms with Crippen LogP contribution in [0.2, 0.25) is 0 Å². The Morgan fingerprint density at radius 3 is 2.67 bits per heavy atom. The second-order valence-electron chi connectivity index (χ2n) is 5.55. The number of aromatic nitrogens is 2. The number of hydrogen-bond donors (Lipinski definition) is 2. The third-order valence-corrected chi connectivity index (χ3v) is 3.31. The van der Waals surface area contributed by atoms with Gasteiger partial charge in [-0.2, -0.15) is 5.10 Å². The molecule has 4 heteroatoms. The number of carbonyl (C=O) groups is 1. The highest BCUT2D eigenvalue weighted by Crippen LogP contribution is 2.15. The van der Waals surface area contributed by atoms with Gasteiger partial charge in [0, 0.05) is 17.8 Å². The van der Waals surface area contributed by atoms with E-state index in [1.54, 1.807) is 0 Å². The number of H-pyrrole nitrogens is 1. The molecule has 0 aliphatic heterocycles. The molecule has 0 aliphatic carbocycles. The van der Waals surface area contributed by atoms with Crippen LogP contribution >= 0.6 is 0 Å². The lowest BCUT2D eigenvalue weighted by Gasteiger charge is -2.01. The summed E-state index contributed by atoms with van der Waals surface area (Å²) < 4.78 is 0. The molecule has 0 bridgehead atoms. The van der Waals surface area contributed by atoms with Gasteiger partial charge in [-0.1, -0.05) is 37.6 Å². The number of amides is 1. The number of nitrogens with zero attached hydrogens (tertiary/aromatic N) is 1. The van der Waals surface area contributed by atoms with Crippen LogP contribution in [0, 0.1) is 13.8 Å². The lowest BCUT2D eigenvalue weighted by Crippen LogP contribution is -2.07. The molecule has 0 unspecified atom stereocenters. The summed E-state index contributed by atoms with van der Waals surface area (Å²) in [5.41, 5.74) is 4.41. The average Bonchev–Trinajstić information content (AvgIpc) is 2.86. The largest absolute Gasteiger partial charge is 0.306 e. The Morgan fingerprint density at radius 1 is 1.29 bits per heavy atom. The number of carbonyl (C=O) groups excluding carboxylic acids is 1. The van der Waals surface area contributed by atoms with E-state index in [-0.39, 0.29) is 5.91 Å². The third kappa shape index (κ3) is 4.05. The van der Waals surface area contributed by atoms with Gasteiger partial charge in [-0.15, -0.1) is 0 Å². The standard InChI is InChI=1S/C17H21N3O/c1-11(2)15-10-16(20-19-15)18-17(21)8-7-14-6-5-12(3)9-13(14)4/h5-11H,1-4H3,(H2,18,19,20,21)/b8-7+. The lowest BCUT2D eigenvalue weighted by molar-refractivity contribution is -0.111. The highest BCUT2D eigenvalue weighted by atomic mass is 16.1. The van der Waals surface area contributed by atoms with Crippen LogP contribution in [0.25, 0.3) is 6.08 Å². The molecule has 2 aromatic rings. The first-order valence-electron chi connectivity index (χ1n) is 7.07. The van der Waals surface area contributed by atoms with E-state index >= 15 is 0 Å². The zero-order chi connectivity index (χ0) is 15.4. The molecule has 1 aromatic carbocycles. The van der Waals surface area contributed by atoms with Crippen LogP contribution < -0.4 is 5.32 Å². The molecule has 2 N–H and O–H groups in total. The first-order valence-corrected chi connectivity index (χ1v) is 7.07. The maximum atomic E-state index is 11.9. The number of hydrogen-bond acceptors (Lipinski definition) is 2. The lowest BCUT2D eigenvalue weighted by atomic mass is 10.1. The predicted octanol–water partition coefficient (Wildman–Crippen LogP) is 3.80. The fraction of sp³-hybridized carbons (Fsp3) is 0.294. The van der Waals surface area contributed by atoms with Gasteiger partial charge in [-0.25, -0.2) is 0 Å². The SMILES string of the molecule is Cc1ccc(/C=C/C(=O)Nc2cc(C(C)C)[nH]n2)c(C)c1. The van der Waals surface area contributed by atoms with Crippen molar-refractivity contribution in [1.82, 2.24) is 10.2 Å². The predicted molar refractivity (Wildman–Crippen MR) is 86.3 cm³/mol. The molecule has 0 radical (unpaired) electrons. The Balaban J connectivity index is 2.02. The van der Waals surface area contributed by atoms with E-state index < -0.39 is 0 Å². The van der Waals surface area contributed by atoms with E-state index in [0.29, 0.717) is 11.7 Å². The summed E-state index contributed by atoms with van der Waals surface area (Å²) in [6.07, 6.45) is 3.35. The molecule has 2 rings (SSSR count). The Labute approximate surface area is 125 Å². The van der Waals surface area contributed by atoms with Gasteiger partial charge in [-0.3, -0.25) is 9.89 Å². The van der Waals surface area contributed by atoms with Crippen molar-refractivity contribution >= 4 is 17.8 Å². The molecular formula is C17H21N3O. The van der Waals surface area contributed by atoms with Gasteiger partial charge in [0.2, 0.25) is 5.91 Å². The fourth-order valence-corrected chi connectivity index (χ4v) is 2.04. The van der Waals surface area contributed by atoms with Gasteiger partial charge in [-0.05, 0) is 37.0 Å². The quantitative estimate of drug-likeness (QED) is 0.838. The van der Waals surface area contributed by atoms with Crippen molar-refractivity contribution in [1.29, 1.82) is 0 Å². The van der Waals surface area contributed by atoms with Crippen LogP contribution in [-0.4, -0.2) is 16.1 Å². The number of rotatable bonds is 4. The summed E-state index contributed by atoms with van der Waals surface area (Å²) in [7, 11) is 0. The van der Waals surface area contributed by atoms with Gasteiger partial charge in [0.05, 0.1) is 0 Å². The van der Waals surface area contributed by atoms with E-state index in [2.05, 4.69) is 42.4 Å². The smallest absolute Gasteiger partial charge is 0.249 e. The highest BCUT2D eigenvalue weighted by molar-refractivity contribution is 6.01. The molecule has 4 nitrogen and oxygen atoms in total. The molecule has 110 valence electrons. The average molecular weight is 283 g/mol. The van der Waals surface area contributed by atoms with Crippen molar-refractivity contribution in [2.75, 3.05) is 5.32 Å². The maximum absolute atomic E-state index is 11.9. The zero-order valence-corrected chi connectivity index (χ0v) is 12.9. The van der Waals surface area contributed by atoms with Crippen molar-refractivity contribution in [3.8, 4) is 0 Å². The van der Waals surface area contributed by atoms with Crippen molar-refractivity contribution in [3.63, 3.8) is 0 Å². The van der Waals surface area contributed by atoms with E-state index in [1.807, 2.05) is 31.2 Å². The normalized spacial score (nSPS) is 11.3. The first-order chi connectivity index (χ1) is 9.95. The van der Waals surface area contributed by atoms with Crippen molar-refractivity contribution in [2.45, 2.75) is 33.6 Å². The summed E-state index contributed by atoms with van der Waals surface area (Å²) >= 11 is 0. The first kappa shape index (κ1) is 15.0. The second-order valence-corrected chi connectivity index (χ2v) is 5.55. The summed E-state index contributed by atoms with van der Waals surface area (Å²) in [5.74, 6) is 0.722. The number of aromatic amines is 1. The monoisotopic (exact) mass is 283 g/mol. The van der Waals surface area contributed by atoms with E-state index in [0.717, 1.165) is 16.8 Å². The summed E-state index contributed by atoms with van der Waals surface area (Å²) in [6.45, 7) is 8.22. The topological polar surface area (TPSA) is 57.8 Å². The Kier molecular flexibility index (Phi) is 4.58. The summed E-state index contributed by atoms with van der Waals surface area (Å²) in [4.78, 5) is 11.9. The molecule has 1 aromatic heterocycles. The fourth-order valence-electron chi connectivity index (χ4n) is 2.04. The minimum absolute atomic E-state index is 0.184. The molecule has 0 spiro atoms. The number of anilines is 1.